The first-order chi connectivity index (χ1) is 18.6. The van der Waals surface area contributed by atoms with E-state index in [1.807, 2.05) is 24.3 Å². The highest BCUT2D eigenvalue weighted by Gasteiger charge is 2.32. The molecule has 1 heterocycles. The van der Waals surface area contributed by atoms with Crippen molar-refractivity contribution in [2.24, 2.45) is 5.92 Å². The first-order valence-corrected chi connectivity index (χ1v) is 13.3. The highest BCUT2D eigenvalue weighted by molar-refractivity contribution is 5.92. The minimum absolute atomic E-state index is 0.251. The van der Waals surface area contributed by atoms with Crippen LogP contribution in [-0.2, 0) is 25.6 Å². The fraction of sp³-hybridized carbons (Fsp3) is 0.448. The number of aliphatic carboxylic acids is 1. The highest BCUT2D eigenvalue weighted by Crippen LogP contribution is 2.23. The number of hydrazine groups is 1. The van der Waals surface area contributed by atoms with E-state index >= 15 is 0 Å². The van der Waals surface area contributed by atoms with Crippen molar-refractivity contribution in [2.75, 3.05) is 13.2 Å². The van der Waals surface area contributed by atoms with E-state index < -0.39 is 41.8 Å². The van der Waals surface area contributed by atoms with Crippen LogP contribution in [0.1, 0.15) is 46.1 Å². The van der Waals surface area contributed by atoms with Gasteiger partial charge in [0, 0.05) is 6.54 Å². The van der Waals surface area contributed by atoms with E-state index in [2.05, 4.69) is 35.1 Å². The molecule has 210 valence electrons. The molecule has 0 aromatic heterocycles. The van der Waals surface area contributed by atoms with Gasteiger partial charge in [-0.25, -0.2) is 5.43 Å². The average molecular weight is 539 g/mol. The summed E-state index contributed by atoms with van der Waals surface area (Å²) in [5.41, 5.74) is 6.09. The first-order valence-electron chi connectivity index (χ1n) is 13.3. The number of nitrogens with one attached hydrogen (secondary N) is 3. The second-order valence-electron chi connectivity index (χ2n) is 10.0. The molecule has 3 rings (SSSR count). The third kappa shape index (κ3) is 8.28. The maximum absolute atomic E-state index is 12.9. The lowest BCUT2D eigenvalue weighted by Gasteiger charge is -2.34. The average Bonchev–Trinajstić information content (AvgIpc) is 2.94. The van der Waals surface area contributed by atoms with Gasteiger partial charge in [0.15, 0.2) is 6.61 Å². The smallest absolute Gasteiger partial charge is 0.322 e. The number of benzene rings is 2. The molecule has 0 spiro atoms. The van der Waals surface area contributed by atoms with Crippen LogP contribution in [0.4, 0.5) is 0 Å². The van der Waals surface area contributed by atoms with Crippen LogP contribution in [-0.4, -0.2) is 65.1 Å². The predicted octanol–water partition coefficient (Wildman–Crippen LogP) is 2.52. The van der Waals surface area contributed by atoms with E-state index in [0.29, 0.717) is 25.1 Å². The molecule has 3 amide bonds. The number of carbonyl (C=O) groups excluding carboxylic acids is 3. The molecule has 0 radical (unpaired) electrons. The number of rotatable bonds is 11. The number of carboxylic acids is 1. The van der Waals surface area contributed by atoms with Gasteiger partial charge in [-0.15, -0.1) is 0 Å². The van der Waals surface area contributed by atoms with E-state index in [9.17, 15) is 24.3 Å². The summed E-state index contributed by atoms with van der Waals surface area (Å²) in [4.78, 5) is 49.6. The lowest BCUT2D eigenvalue weighted by atomic mass is 10.0. The topological polar surface area (TPSA) is 137 Å². The maximum atomic E-state index is 12.9. The molecule has 1 saturated heterocycles. The first kappa shape index (κ1) is 29.6. The Hall–Kier alpha value is -3.92. The summed E-state index contributed by atoms with van der Waals surface area (Å²) in [7, 11) is 0. The van der Waals surface area contributed by atoms with Crippen LogP contribution < -0.4 is 20.8 Å². The highest BCUT2D eigenvalue weighted by atomic mass is 16.5. The van der Waals surface area contributed by atoms with Crippen molar-refractivity contribution in [1.29, 1.82) is 0 Å². The van der Waals surface area contributed by atoms with E-state index in [0.717, 1.165) is 17.5 Å². The Morgan fingerprint density at radius 3 is 2.41 bits per heavy atom. The lowest BCUT2D eigenvalue weighted by molar-refractivity contribution is -0.148. The van der Waals surface area contributed by atoms with E-state index in [-0.39, 0.29) is 12.5 Å². The molecule has 3 atom stereocenters. The number of carboxylic acid groups (broad SMARTS) is 1. The second-order valence-corrected chi connectivity index (χ2v) is 10.0. The van der Waals surface area contributed by atoms with Crippen molar-refractivity contribution >= 4 is 23.7 Å². The van der Waals surface area contributed by atoms with Crippen LogP contribution >= 0.6 is 0 Å². The molecule has 4 N–H and O–H groups in total. The fourth-order valence-corrected chi connectivity index (χ4v) is 4.34. The normalized spacial score (nSPS) is 16.7. The second kappa shape index (κ2) is 13.7. The molecule has 39 heavy (non-hydrogen) atoms. The Morgan fingerprint density at radius 1 is 1.05 bits per heavy atom. The molecule has 0 bridgehead atoms. The largest absolute Gasteiger partial charge is 0.484 e. The quantitative estimate of drug-likeness (QED) is 0.345. The van der Waals surface area contributed by atoms with Gasteiger partial charge in [-0.3, -0.25) is 24.2 Å². The zero-order chi connectivity index (χ0) is 28.5. The summed E-state index contributed by atoms with van der Waals surface area (Å²) in [6.07, 6.45) is 1.91. The molecule has 2 aromatic carbocycles. The lowest BCUT2D eigenvalue weighted by Crippen LogP contribution is -2.60. The number of ether oxygens (including phenoxy) is 1. The Bertz CT molecular complexity index is 1170. The molecular weight excluding hydrogens is 500 g/mol. The fourth-order valence-electron chi connectivity index (χ4n) is 4.34. The van der Waals surface area contributed by atoms with Gasteiger partial charge in [-0.05, 0) is 60.9 Å². The maximum Gasteiger partial charge on any atom is 0.322 e. The van der Waals surface area contributed by atoms with Gasteiger partial charge in [-0.1, -0.05) is 57.2 Å². The van der Waals surface area contributed by atoms with Crippen molar-refractivity contribution in [3.8, 4) is 16.9 Å². The van der Waals surface area contributed by atoms with Crippen LogP contribution in [0, 0.1) is 5.92 Å². The van der Waals surface area contributed by atoms with Crippen molar-refractivity contribution in [3.63, 3.8) is 0 Å². The molecule has 1 fully saturated rings. The zero-order valence-corrected chi connectivity index (χ0v) is 22.9. The predicted molar refractivity (Wildman–Crippen MR) is 147 cm³/mol. The molecule has 10 heteroatoms. The molecule has 10 nitrogen and oxygen atoms in total. The summed E-state index contributed by atoms with van der Waals surface area (Å²) in [5.74, 6) is -2.19. The molecule has 0 aliphatic carbocycles. The molecule has 1 aliphatic heterocycles. The van der Waals surface area contributed by atoms with E-state index in [4.69, 9.17) is 4.74 Å². The van der Waals surface area contributed by atoms with Gasteiger partial charge in [0.25, 0.3) is 11.8 Å². The van der Waals surface area contributed by atoms with Gasteiger partial charge in [0.2, 0.25) is 5.91 Å². The monoisotopic (exact) mass is 538 g/mol. The van der Waals surface area contributed by atoms with Crippen molar-refractivity contribution in [3.05, 3.63) is 54.1 Å². The van der Waals surface area contributed by atoms with Crippen molar-refractivity contribution < 1.29 is 29.0 Å². The van der Waals surface area contributed by atoms with E-state index in [1.165, 1.54) is 17.5 Å². The summed E-state index contributed by atoms with van der Waals surface area (Å²) >= 11 is 0. The molecule has 2 aromatic rings. The van der Waals surface area contributed by atoms with Crippen LogP contribution in [0.2, 0.25) is 0 Å². The number of aryl methyl sites for hydroxylation is 1. The number of hydrogen-bond acceptors (Lipinski definition) is 6. The number of nitrogens with zero attached hydrogens (tertiary/aromatic N) is 1. The number of carbonyl (C=O) groups is 4. The molecular formula is C29H38N4O6. The zero-order valence-electron chi connectivity index (χ0n) is 22.9. The SMILES string of the molecule is CCc1cccc(-c2ccc(OCC(=O)NC(C(=O)NC(C)C(=O)N3CCCC(C(=O)O)N3)C(C)C)cc2)c1. The van der Waals surface area contributed by atoms with Crippen LogP contribution in [0.5, 0.6) is 5.75 Å². The van der Waals surface area contributed by atoms with Crippen molar-refractivity contribution in [2.45, 2.75) is 65.1 Å². The summed E-state index contributed by atoms with van der Waals surface area (Å²) in [5, 5.41) is 15.8. The minimum Gasteiger partial charge on any atom is -0.484 e. The molecule has 3 unspecified atom stereocenters. The Labute approximate surface area is 229 Å². The van der Waals surface area contributed by atoms with Crippen LogP contribution in [0.3, 0.4) is 0 Å². The third-order valence-corrected chi connectivity index (χ3v) is 6.64. The minimum atomic E-state index is -1.04. The van der Waals surface area contributed by atoms with Gasteiger partial charge >= 0.3 is 5.97 Å². The number of amides is 3. The molecule has 0 saturated carbocycles. The summed E-state index contributed by atoms with van der Waals surface area (Å²) < 4.78 is 5.63. The third-order valence-electron chi connectivity index (χ3n) is 6.64. The van der Waals surface area contributed by atoms with Crippen LogP contribution in [0.25, 0.3) is 11.1 Å². The van der Waals surface area contributed by atoms with Crippen molar-refractivity contribution in [1.82, 2.24) is 21.1 Å². The van der Waals surface area contributed by atoms with Gasteiger partial charge in [0.1, 0.15) is 23.9 Å². The summed E-state index contributed by atoms with van der Waals surface area (Å²) in [6.45, 7) is 7.28. The van der Waals surface area contributed by atoms with Gasteiger partial charge in [0.05, 0.1) is 0 Å². The Kier molecular flexibility index (Phi) is 10.4. The van der Waals surface area contributed by atoms with Gasteiger partial charge < -0.3 is 20.5 Å². The number of hydrogen-bond donors (Lipinski definition) is 4. The molecule has 1 aliphatic rings. The van der Waals surface area contributed by atoms with Gasteiger partial charge in [-0.2, -0.15) is 0 Å². The Balaban J connectivity index is 1.52. The standard InChI is InChI=1S/C29H38N4O6/c1-5-20-8-6-9-22(16-20)21-11-13-23(14-12-21)39-17-25(34)31-26(18(2)3)27(35)30-19(4)28(36)33-15-7-10-24(32-33)29(37)38/h6,8-9,11-14,16,18-19,24,26,32H,5,7,10,15,17H2,1-4H3,(H,30,35)(H,31,34)(H,37,38). The Morgan fingerprint density at radius 2 is 1.77 bits per heavy atom. The summed E-state index contributed by atoms with van der Waals surface area (Å²) in [6, 6.07) is 13.1. The van der Waals surface area contributed by atoms with Crippen LogP contribution in [0.15, 0.2) is 48.5 Å². The van der Waals surface area contributed by atoms with E-state index in [1.54, 1.807) is 26.0 Å².